The highest BCUT2D eigenvalue weighted by Gasteiger charge is 2.07. The van der Waals surface area contributed by atoms with E-state index in [-0.39, 0.29) is 13.0 Å². The van der Waals surface area contributed by atoms with Crippen molar-refractivity contribution in [1.82, 2.24) is 0 Å². The van der Waals surface area contributed by atoms with Crippen LogP contribution in [-0.4, -0.2) is 34.1 Å². The minimum atomic E-state index is -0.764. The van der Waals surface area contributed by atoms with E-state index < -0.39 is 12.2 Å². The minimum absolute atomic E-state index is 0.267. The Morgan fingerprint density at radius 1 is 1.22 bits per heavy atom. The molecule has 0 saturated carbocycles. The summed E-state index contributed by atoms with van der Waals surface area (Å²) >= 11 is 0. The van der Waals surface area contributed by atoms with Crippen LogP contribution in [0, 0.1) is 0 Å². The summed E-state index contributed by atoms with van der Waals surface area (Å²) in [5.41, 5.74) is 0. The highest BCUT2D eigenvalue weighted by atomic mass is 16.3. The van der Waals surface area contributed by atoms with Crippen molar-refractivity contribution >= 4 is 0 Å². The molecule has 2 unspecified atom stereocenters. The number of aliphatic hydroxyl groups excluding tert-OH is 3. The molecule has 0 radical (unpaired) electrons. The molecule has 0 spiro atoms. The largest absolute Gasteiger partial charge is 0.394 e. The van der Waals surface area contributed by atoms with Crippen LogP contribution >= 0.6 is 0 Å². The van der Waals surface area contributed by atoms with E-state index in [4.69, 9.17) is 15.3 Å². The standard InChI is InChI=1S/C6H14O3/c1-2-5(8)3-6(9)4-7/h5-9H,2-4H2,1H3. The second-order valence-electron chi connectivity index (χ2n) is 2.13. The van der Waals surface area contributed by atoms with Gasteiger partial charge in [-0.2, -0.15) is 0 Å². The summed E-state index contributed by atoms with van der Waals surface area (Å²) in [6, 6.07) is 0. The number of aliphatic hydroxyl groups is 3. The van der Waals surface area contributed by atoms with Gasteiger partial charge >= 0.3 is 0 Å². The lowest BCUT2D eigenvalue weighted by molar-refractivity contribution is 0.0406. The Morgan fingerprint density at radius 3 is 2.11 bits per heavy atom. The molecule has 0 amide bonds. The van der Waals surface area contributed by atoms with E-state index in [1.807, 2.05) is 6.92 Å². The van der Waals surface area contributed by atoms with Gasteiger partial charge in [-0.3, -0.25) is 0 Å². The molecule has 0 aromatic rings. The minimum Gasteiger partial charge on any atom is -0.394 e. The predicted molar refractivity (Wildman–Crippen MR) is 34.0 cm³/mol. The topological polar surface area (TPSA) is 60.7 Å². The van der Waals surface area contributed by atoms with Gasteiger partial charge in [0.25, 0.3) is 0 Å². The van der Waals surface area contributed by atoms with Crippen LogP contribution in [0.3, 0.4) is 0 Å². The zero-order valence-corrected chi connectivity index (χ0v) is 5.62. The van der Waals surface area contributed by atoms with Crippen LogP contribution in [0.4, 0.5) is 0 Å². The van der Waals surface area contributed by atoms with E-state index in [0.717, 1.165) is 0 Å². The molecule has 2 atom stereocenters. The monoisotopic (exact) mass is 134 g/mol. The maximum Gasteiger partial charge on any atom is 0.0795 e. The fourth-order valence-corrected chi connectivity index (χ4v) is 0.555. The molecule has 0 aromatic heterocycles. The Bertz CT molecular complexity index is 57.3. The molecule has 3 nitrogen and oxygen atoms in total. The first-order valence-corrected chi connectivity index (χ1v) is 3.17. The molecule has 0 aliphatic carbocycles. The Kier molecular flexibility index (Phi) is 4.67. The number of hydrogen-bond donors (Lipinski definition) is 3. The van der Waals surface area contributed by atoms with Gasteiger partial charge in [0, 0.05) is 6.42 Å². The maximum atomic E-state index is 8.89. The lowest BCUT2D eigenvalue weighted by atomic mass is 10.1. The van der Waals surface area contributed by atoms with E-state index in [2.05, 4.69) is 0 Å². The first-order valence-electron chi connectivity index (χ1n) is 3.17. The molecule has 3 N–H and O–H groups in total. The Hall–Kier alpha value is -0.120. The van der Waals surface area contributed by atoms with Crippen molar-refractivity contribution in [3.63, 3.8) is 0 Å². The fourth-order valence-electron chi connectivity index (χ4n) is 0.555. The van der Waals surface area contributed by atoms with E-state index >= 15 is 0 Å². The molecule has 0 saturated heterocycles. The molecule has 0 aromatic carbocycles. The molecule has 0 rings (SSSR count). The molecule has 0 fully saturated rings. The molecule has 0 heterocycles. The second-order valence-corrected chi connectivity index (χ2v) is 2.13. The van der Waals surface area contributed by atoms with Gasteiger partial charge in [-0.15, -0.1) is 0 Å². The van der Waals surface area contributed by atoms with Crippen molar-refractivity contribution in [2.45, 2.75) is 32.0 Å². The van der Waals surface area contributed by atoms with Crippen molar-refractivity contribution in [3.8, 4) is 0 Å². The molecular weight excluding hydrogens is 120 g/mol. The third-order valence-corrected chi connectivity index (χ3v) is 1.23. The van der Waals surface area contributed by atoms with Crippen molar-refractivity contribution in [2.24, 2.45) is 0 Å². The summed E-state index contributed by atoms with van der Waals surface area (Å²) in [6.45, 7) is 1.56. The summed E-state index contributed by atoms with van der Waals surface area (Å²) in [4.78, 5) is 0. The van der Waals surface area contributed by atoms with Gasteiger partial charge in [0.1, 0.15) is 0 Å². The molecule has 3 heteroatoms. The normalized spacial score (nSPS) is 17.3. The zero-order valence-electron chi connectivity index (χ0n) is 5.62. The van der Waals surface area contributed by atoms with Crippen molar-refractivity contribution in [1.29, 1.82) is 0 Å². The van der Waals surface area contributed by atoms with Crippen LogP contribution in [0.1, 0.15) is 19.8 Å². The van der Waals surface area contributed by atoms with Crippen LogP contribution in [-0.2, 0) is 0 Å². The molecule has 9 heavy (non-hydrogen) atoms. The van der Waals surface area contributed by atoms with Gasteiger partial charge in [-0.25, -0.2) is 0 Å². The second kappa shape index (κ2) is 4.73. The molecule has 0 bridgehead atoms. The van der Waals surface area contributed by atoms with E-state index in [1.54, 1.807) is 0 Å². The summed E-state index contributed by atoms with van der Waals surface area (Å²) in [7, 11) is 0. The first-order chi connectivity index (χ1) is 4.20. The lowest BCUT2D eigenvalue weighted by Gasteiger charge is -2.10. The molecule has 0 aliphatic heterocycles. The van der Waals surface area contributed by atoms with Gasteiger partial charge in [-0.1, -0.05) is 6.92 Å². The number of rotatable bonds is 4. The SMILES string of the molecule is CCC(O)CC(O)CO. The highest BCUT2D eigenvalue weighted by Crippen LogP contribution is 2.00. The summed E-state index contributed by atoms with van der Waals surface area (Å²) in [5, 5.41) is 26.0. The summed E-state index contributed by atoms with van der Waals surface area (Å²) < 4.78 is 0. The highest BCUT2D eigenvalue weighted by molar-refractivity contribution is 4.59. The van der Waals surface area contributed by atoms with Crippen molar-refractivity contribution < 1.29 is 15.3 Å². The smallest absolute Gasteiger partial charge is 0.0795 e. The average molecular weight is 134 g/mol. The van der Waals surface area contributed by atoms with Gasteiger partial charge in [0.2, 0.25) is 0 Å². The van der Waals surface area contributed by atoms with Crippen LogP contribution < -0.4 is 0 Å². The van der Waals surface area contributed by atoms with Gasteiger partial charge in [0.05, 0.1) is 18.8 Å². The van der Waals surface area contributed by atoms with Gasteiger partial charge in [-0.05, 0) is 6.42 Å². The Morgan fingerprint density at radius 2 is 1.78 bits per heavy atom. The van der Waals surface area contributed by atoms with Crippen molar-refractivity contribution in [3.05, 3.63) is 0 Å². The zero-order chi connectivity index (χ0) is 7.28. The summed E-state index contributed by atoms with van der Waals surface area (Å²) in [6.07, 6.45) is -0.351. The molecule has 56 valence electrons. The van der Waals surface area contributed by atoms with Crippen molar-refractivity contribution in [2.75, 3.05) is 6.61 Å². The van der Waals surface area contributed by atoms with E-state index in [0.29, 0.717) is 6.42 Å². The lowest BCUT2D eigenvalue weighted by Crippen LogP contribution is -2.19. The van der Waals surface area contributed by atoms with Gasteiger partial charge in [0.15, 0.2) is 0 Å². The van der Waals surface area contributed by atoms with Crippen LogP contribution in [0.25, 0.3) is 0 Å². The average Bonchev–Trinajstić information content (AvgIpc) is 1.87. The van der Waals surface area contributed by atoms with Crippen LogP contribution in [0.15, 0.2) is 0 Å². The Labute approximate surface area is 54.9 Å². The predicted octanol–water partition coefficient (Wildman–Crippen LogP) is -0.499. The molecular formula is C6H14O3. The third-order valence-electron chi connectivity index (χ3n) is 1.23. The quantitative estimate of drug-likeness (QED) is 0.486. The van der Waals surface area contributed by atoms with E-state index in [1.165, 1.54) is 0 Å². The summed E-state index contributed by atoms with van der Waals surface area (Å²) in [5.74, 6) is 0. The van der Waals surface area contributed by atoms with Crippen LogP contribution in [0.5, 0.6) is 0 Å². The Balaban J connectivity index is 3.22. The third kappa shape index (κ3) is 4.39. The molecule has 0 aliphatic rings. The van der Waals surface area contributed by atoms with Crippen LogP contribution in [0.2, 0.25) is 0 Å². The first kappa shape index (κ1) is 8.88. The fraction of sp³-hybridized carbons (Fsp3) is 1.00. The maximum absolute atomic E-state index is 8.89. The van der Waals surface area contributed by atoms with E-state index in [9.17, 15) is 0 Å². The van der Waals surface area contributed by atoms with Gasteiger partial charge < -0.3 is 15.3 Å². The number of hydrogen-bond acceptors (Lipinski definition) is 3.